The molecule has 0 spiro atoms. The van der Waals surface area contributed by atoms with Crippen LogP contribution in [0.5, 0.6) is 0 Å². The third kappa shape index (κ3) is 2.95. The Balaban J connectivity index is 2.11. The van der Waals surface area contributed by atoms with Gasteiger partial charge in [0.15, 0.2) is 0 Å². The molecule has 2 aromatic rings. The minimum atomic E-state index is 0.696. The van der Waals surface area contributed by atoms with E-state index in [2.05, 4.69) is 9.97 Å². The molecule has 0 aliphatic carbocycles. The molecule has 2 rings (SSSR count). The normalized spacial score (nSPS) is 10.2. The fourth-order valence-electron chi connectivity index (χ4n) is 0.996. The van der Waals surface area contributed by atoms with E-state index in [9.17, 15) is 0 Å². The van der Waals surface area contributed by atoms with E-state index in [0.717, 1.165) is 14.9 Å². The van der Waals surface area contributed by atoms with Gasteiger partial charge >= 0.3 is 0 Å². The highest BCUT2D eigenvalue weighted by atomic mass is 32.2. The van der Waals surface area contributed by atoms with Gasteiger partial charge in [-0.2, -0.15) is 0 Å². The fourth-order valence-corrected chi connectivity index (χ4v) is 1.94. The van der Waals surface area contributed by atoms with Crippen LogP contribution in [0.15, 0.2) is 57.7 Å². The van der Waals surface area contributed by atoms with Crippen LogP contribution in [0.1, 0.15) is 0 Å². The third-order valence-electron chi connectivity index (χ3n) is 1.66. The molecular weight excluding hydrogens is 228 g/mol. The Morgan fingerprint density at radius 2 is 1.87 bits per heavy atom. The van der Waals surface area contributed by atoms with E-state index >= 15 is 0 Å². The summed E-state index contributed by atoms with van der Waals surface area (Å²) in [4.78, 5) is 9.11. The Morgan fingerprint density at radius 3 is 2.47 bits per heavy atom. The Labute approximate surface area is 96.2 Å². The van der Waals surface area contributed by atoms with Gasteiger partial charge in [0.05, 0.1) is 4.90 Å². The molecule has 2 heterocycles. The molecule has 0 aromatic carbocycles. The molecule has 0 saturated heterocycles. The quantitative estimate of drug-likeness (QED) is 0.829. The van der Waals surface area contributed by atoms with Crippen molar-refractivity contribution < 1.29 is 4.55 Å². The summed E-state index contributed by atoms with van der Waals surface area (Å²) in [5, 5.41) is 1.78. The van der Waals surface area contributed by atoms with Crippen molar-refractivity contribution in [2.24, 2.45) is 0 Å². The van der Waals surface area contributed by atoms with Crippen LogP contribution in [0.2, 0.25) is 0 Å². The van der Waals surface area contributed by atoms with Gasteiger partial charge in [0.2, 0.25) is 0 Å². The first-order valence-corrected chi connectivity index (χ1v) is 5.84. The number of hydrogen-bond acceptors (Lipinski definition) is 5. The Morgan fingerprint density at radius 1 is 1.00 bits per heavy atom. The first-order valence-electron chi connectivity index (χ1n) is 4.25. The van der Waals surface area contributed by atoms with Crippen molar-refractivity contribution in [1.82, 2.24) is 9.97 Å². The molecule has 5 heteroatoms. The highest BCUT2D eigenvalue weighted by Gasteiger charge is 1.99. The molecule has 0 saturated carbocycles. The molecule has 1 N–H and O–H groups in total. The first kappa shape index (κ1) is 10.5. The molecular formula is C10H8N2OS2. The number of rotatable bonds is 3. The van der Waals surface area contributed by atoms with Gasteiger partial charge in [0.25, 0.3) is 0 Å². The van der Waals surface area contributed by atoms with Crippen molar-refractivity contribution in [2.45, 2.75) is 14.9 Å². The average Bonchev–Trinajstić information content (AvgIpc) is 2.31. The number of pyridine rings is 2. The summed E-state index contributed by atoms with van der Waals surface area (Å²) < 4.78 is 8.78. The van der Waals surface area contributed by atoms with Crippen LogP contribution in [0, 0.1) is 0 Å². The van der Waals surface area contributed by atoms with Gasteiger partial charge in [-0.25, -0.2) is 9.97 Å². The van der Waals surface area contributed by atoms with Crippen molar-refractivity contribution in [2.75, 3.05) is 0 Å². The van der Waals surface area contributed by atoms with Crippen molar-refractivity contribution in [3.8, 4) is 0 Å². The van der Waals surface area contributed by atoms with Crippen LogP contribution in [-0.2, 0) is 0 Å². The zero-order valence-corrected chi connectivity index (χ0v) is 9.33. The standard InChI is InChI=1S/C10H8N2OS2/c13-15-8-4-5-10(12-7-8)14-9-3-1-2-6-11-9/h1-7,13H. The maximum absolute atomic E-state index is 8.78. The minimum Gasteiger partial charge on any atom is -0.325 e. The predicted molar refractivity (Wildman–Crippen MR) is 61.1 cm³/mol. The van der Waals surface area contributed by atoms with Crippen LogP contribution in [0.25, 0.3) is 0 Å². The van der Waals surface area contributed by atoms with Gasteiger partial charge in [0.1, 0.15) is 10.1 Å². The van der Waals surface area contributed by atoms with Gasteiger partial charge in [-0.05, 0) is 24.3 Å². The minimum absolute atomic E-state index is 0.696. The van der Waals surface area contributed by atoms with Crippen molar-refractivity contribution in [3.05, 3.63) is 42.7 Å². The monoisotopic (exact) mass is 236 g/mol. The second-order valence-electron chi connectivity index (χ2n) is 2.69. The lowest BCUT2D eigenvalue weighted by Crippen LogP contribution is -1.82. The lowest BCUT2D eigenvalue weighted by atomic mass is 10.5. The highest BCUT2D eigenvalue weighted by Crippen LogP contribution is 2.24. The largest absolute Gasteiger partial charge is 0.325 e. The molecule has 0 aliphatic heterocycles. The zero-order chi connectivity index (χ0) is 10.5. The SMILES string of the molecule is OSc1ccc(Sc2ccccn2)nc1. The molecule has 76 valence electrons. The topological polar surface area (TPSA) is 46.0 Å². The molecule has 2 aromatic heterocycles. The van der Waals surface area contributed by atoms with Crippen LogP contribution in [0.4, 0.5) is 0 Å². The molecule has 0 amide bonds. The number of hydrogen-bond donors (Lipinski definition) is 1. The molecule has 3 nitrogen and oxygen atoms in total. The van der Waals surface area contributed by atoms with Crippen molar-refractivity contribution in [3.63, 3.8) is 0 Å². The Hall–Kier alpha value is -1.04. The lowest BCUT2D eigenvalue weighted by molar-refractivity contribution is 0.663. The second-order valence-corrected chi connectivity index (χ2v) is 4.39. The Bertz CT molecular complexity index is 419. The van der Waals surface area contributed by atoms with Gasteiger partial charge in [-0.1, -0.05) is 17.8 Å². The number of aromatic nitrogens is 2. The summed E-state index contributed by atoms with van der Waals surface area (Å²) in [6, 6.07) is 9.43. The van der Waals surface area contributed by atoms with Gasteiger partial charge < -0.3 is 4.55 Å². The summed E-state index contributed by atoms with van der Waals surface area (Å²) in [5.41, 5.74) is 0. The predicted octanol–water partition coefficient (Wildman–Crippen LogP) is 3.19. The van der Waals surface area contributed by atoms with Gasteiger partial charge in [-0.3, -0.25) is 0 Å². The average molecular weight is 236 g/mol. The van der Waals surface area contributed by atoms with Crippen LogP contribution >= 0.6 is 23.8 Å². The van der Waals surface area contributed by atoms with E-state index in [-0.39, 0.29) is 0 Å². The van der Waals surface area contributed by atoms with E-state index in [0.29, 0.717) is 12.0 Å². The van der Waals surface area contributed by atoms with Crippen LogP contribution in [-0.4, -0.2) is 14.5 Å². The highest BCUT2D eigenvalue weighted by molar-refractivity contribution is 7.99. The molecule has 0 unspecified atom stereocenters. The summed E-state index contributed by atoms with van der Waals surface area (Å²) in [5.74, 6) is 0. The molecule has 0 fully saturated rings. The summed E-state index contributed by atoms with van der Waals surface area (Å²) in [7, 11) is 0. The smallest absolute Gasteiger partial charge is 0.102 e. The van der Waals surface area contributed by atoms with Crippen molar-refractivity contribution >= 4 is 23.8 Å². The van der Waals surface area contributed by atoms with E-state index in [4.69, 9.17) is 4.55 Å². The lowest BCUT2D eigenvalue weighted by Gasteiger charge is -1.99. The van der Waals surface area contributed by atoms with E-state index < -0.39 is 0 Å². The third-order valence-corrected chi connectivity index (χ3v) is 3.02. The maximum Gasteiger partial charge on any atom is 0.102 e. The molecule has 0 radical (unpaired) electrons. The summed E-state index contributed by atoms with van der Waals surface area (Å²) in [6.07, 6.45) is 3.39. The number of nitrogens with zero attached hydrogens (tertiary/aromatic N) is 2. The first-order chi connectivity index (χ1) is 7.38. The molecule has 15 heavy (non-hydrogen) atoms. The maximum atomic E-state index is 8.78. The Kier molecular flexibility index (Phi) is 3.60. The van der Waals surface area contributed by atoms with E-state index in [1.165, 1.54) is 11.8 Å². The van der Waals surface area contributed by atoms with E-state index in [1.807, 2.05) is 30.3 Å². The summed E-state index contributed by atoms with van der Waals surface area (Å²) in [6.45, 7) is 0. The van der Waals surface area contributed by atoms with Crippen LogP contribution in [0.3, 0.4) is 0 Å². The molecule has 0 atom stereocenters. The second kappa shape index (κ2) is 5.16. The van der Waals surface area contributed by atoms with Crippen molar-refractivity contribution in [1.29, 1.82) is 0 Å². The summed E-state index contributed by atoms with van der Waals surface area (Å²) >= 11 is 2.19. The van der Waals surface area contributed by atoms with Crippen LogP contribution < -0.4 is 0 Å². The van der Waals surface area contributed by atoms with E-state index in [1.54, 1.807) is 12.4 Å². The fraction of sp³-hybridized carbons (Fsp3) is 0. The van der Waals surface area contributed by atoms with Gasteiger partial charge in [0, 0.05) is 24.4 Å². The molecule has 0 aliphatic rings. The molecule has 0 bridgehead atoms. The van der Waals surface area contributed by atoms with Gasteiger partial charge in [-0.15, -0.1) is 0 Å². The zero-order valence-electron chi connectivity index (χ0n) is 7.70.